The summed E-state index contributed by atoms with van der Waals surface area (Å²) in [5.41, 5.74) is 13.4. The monoisotopic (exact) mass is 1260 g/mol. The van der Waals surface area contributed by atoms with E-state index in [0.717, 1.165) is 78.9 Å². The summed E-state index contributed by atoms with van der Waals surface area (Å²) in [5, 5.41) is 55.6. The average Bonchev–Trinajstić information content (AvgIpc) is 1.69. The molecule has 91 heavy (non-hydrogen) atoms. The lowest BCUT2D eigenvalue weighted by Crippen LogP contribution is -2.59. The largest absolute Gasteiger partial charge is 0.399 e. The highest BCUT2D eigenvalue weighted by atomic mass is 35.5. The summed E-state index contributed by atoms with van der Waals surface area (Å²) in [6.45, 7) is 15.6. The van der Waals surface area contributed by atoms with E-state index in [-0.39, 0.29) is 46.2 Å². The van der Waals surface area contributed by atoms with Crippen LogP contribution in [0.2, 0.25) is 10.0 Å². The third-order valence-corrected chi connectivity index (χ3v) is 17.7. The molecule has 22 heteroatoms. The number of nitrogens with two attached hydrogens (primary N) is 1. The maximum absolute atomic E-state index is 13.0. The minimum absolute atomic E-state index is 0. The first-order chi connectivity index (χ1) is 42.8. The molecule has 0 radical (unpaired) electrons. The van der Waals surface area contributed by atoms with Gasteiger partial charge < -0.3 is 25.5 Å². The molecule has 0 unspecified atom stereocenters. The van der Waals surface area contributed by atoms with Crippen molar-refractivity contribution >= 4 is 101 Å². The molecule has 0 spiro atoms. The van der Waals surface area contributed by atoms with Gasteiger partial charge in [0.2, 0.25) is 5.78 Å². The molecule has 10 aromatic rings. The van der Waals surface area contributed by atoms with E-state index in [2.05, 4.69) is 94.9 Å². The number of halogens is 2. The van der Waals surface area contributed by atoms with E-state index in [0.29, 0.717) is 100 Å². The number of benzene rings is 4. The average molecular weight is 1260 g/mol. The number of fused-ring (bicyclic) bond motifs is 4. The Morgan fingerprint density at radius 2 is 1.09 bits per heavy atom. The van der Waals surface area contributed by atoms with Gasteiger partial charge in [0.1, 0.15) is 23.5 Å². The SMILES string of the molecule is C.CC#N.CC(C)(C)CNc1c(C#N)cnc2c(Cl)cc(N)cc12.Cn1ccc2c(C(=Nc3cc(Cl)c4ncc(C#N)c(NCC(C)(C)C)c4c3)c3cn(C45CC(C4)C5)nn3)cccc2c1=O.Cn1ccc2c(C(=O)c3cn(C45CC(C4)C5)nn3)cccc2c1=O. The predicted molar refractivity (Wildman–Crippen MR) is 359 cm³/mol. The third kappa shape index (κ3) is 12.5. The van der Waals surface area contributed by atoms with Crippen molar-refractivity contribution in [3.05, 3.63) is 174 Å². The van der Waals surface area contributed by atoms with Crippen LogP contribution in [0.4, 0.5) is 22.7 Å². The number of ketones is 1. The minimum Gasteiger partial charge on any atom is -0.399 e. The zero-order valence-electron chi connectivity index (χ0n) is 51.5. The fourth-order valence-corrected chi connectivity index (χ4v) is 12.7. The van der Waals surface area contributed by atoms with E-state index in [9.17, 15) is 24.9 Å². The third-order valence-electron chi connectivity index (χ3n) is 17.1. The highest BCUT2D eigenvalue weighted by Crippen LogP contribution is 2.62. The molecule has 0 aliphatic heterocycles. The van der Waals surface area contributed by atoms with Gasteiger partial charge >= 0.3 is 0 Å². The van der Waals surface area contributed by atoms with Crippen LogP contribution in [0.3, 0.4) is 0 Å². The summed E-state index contributed by atoms with van der Waals surface area (Å²) in [4.78, 5) is 52.1. The van der Waals surface area contributed by atoms with Crippen LogP contribution in [-0.4, -0.2) is 73.7 Å². The summed E-state index contributed by atoms with van der Waals surface area (Å²) in [5.74, 6) is 1.44. The van der Waals surface area contributed by atoms with Gasteiger partial charge in [-0.25, -0.2) is 14.4 Å². The first kappa shape index (κ1) is 64.2. The van der Waals surface area contributed by atoms with Crippen LogP contribution in [0.15, 0.2) is 125 Å². The van der Waals surface area contributed by atoms with Crippen molar-refractivity contribution in [1.29, 1.82) is 15.8 Å². The molecule has 0 saturated heterocycles. The van der Waals surface area contributed by atoms with E-state index >= 15 is 0 Å². The summed E-state index contributed by atoms with van der Waals surface area (Å²) >= 11 is 13.0. The maximum atomic E-state index is 13.0. The van der Waals surface area contributed by atoms with Gasteiger partial charge in [-0.15, -0.1) is 10.2 Å². The molecular weight excluding hydrogens is 1190 g/mol. The zero-order valence-corrected chi connectivity index (χ0v) is 53.0. The highest BCUT2D eigenvalue weighted by Gasteiger charge is 2.59. The van der Waals surface area contributed by atoms with Gasteiger partial charge in [0.05, 0.1) is 78.8 Å². The summed E-state index contributed by atoms with van der Waals surface area (Å²) in [6.07, 6.45) is 17.1. The van der Waals surface area contributed by atoms with Crippen LogP contribution in [0.25, 0.3) is 43.4 Å². The molecule has 6 fully saturated rings. The van der Waals surface area contributed by atoms with Crippen molar-refractivity contribution in [2.45, 2.75) is 105 Å². The van der Waals surface area contributed by atoms with Crippen molar-refractivity contribution in [2.75, 3.05) is 29.5 Å². The first-order valence-corrected chi connectivity index (χ1v) is 30.4. The molecule has 6 saturated carbocycles. The fourth-order valence-electron chi connectivity index (χ4n) is 12.2. The number of carbonyl (C=O) groups is 1. The fraction of sp³-hybridized carbons (Fsp3) is 0.348. The van der Waals surface area contributed by atoms with Crippen molar-refractivity contribution in [3.63, 3.8) is 0 Å². The van der Waals surface area contributed by atoms with Crippen LogP contribution in [-0.2, 0) is 25.2 Å². The number of hydrogen-bond donors (Lipinski definition) is 3. The van der Waals surface area contributed by atoms with Gasteiger partial charge in [-0.2, -0.15) is 15.8 Å². The minimum atomic E-state index is -0.188. The normalized spacial score (nSPS) is 18.3. The smallest absolute Gasteiger partial charge is 0.258 e. The number of nitrogens with zero attached hydrogens (tertiary/aromatic N) is 14. The second kappa shape index (κ2) is 24.9. The molecule has 4 aromatic carbocycles. The second-order valence-electron chi connectivity index (χ2n) is 26.4. The molecule has 6 heterocycles. The Morgan fingerprint density at radius 3 is 1.55 bits per heavy atom. The predicted octanol–water partition coefficient (Wildman–Crippen LogP) is 13.2. The van der Waals surface area contributed by atoms with Gasteiger partial charge in [-0.3, -0.25) is 24.4 Å². The first-order valence-electron chi connectivity index (χ1n) is 29.6. The van der Waals surface area contributed by atoms with Crippen molar-refractivity contribution < 1.29 is 4.79 Å². The number of nitrogens with one attached hydrogen (secondary N) is 2. The van der Waals surface area contributed by atoms with Crippen LogP contribution in [0.1, 0.15) is 133 Å². The number of aryl methyl sites for hydroxylation is 2. The highest BCUT2D eigenvalue weighted by molar-refractivity contribution is 6.36. The van der Waals surface area contributed by atoms with Gasteiger partial charge in [-0.1, -0.05) is 107 Å². The Bertz CT molecular complexity index is 4800. The number of aromatic nitrogens is 10. The lowest BCUT2D eigenvalue weighted by Gasteiger charge is -2.61. The molecule has 16 rings (SSSR count). The van der Waals surface area contributed by atoms with Crippen LogP contribution in [0, 0.1) is 56.7 Å². The Balaban J connectivity index is 0.000000160. The van der Waals surface area contributed by atoms with Gasteiger partial charge in [0.15, 0.2) is 5.69 Å². The second-order valence-corrected chi connectivity index (χ2v) is 27.2. The number of rotatable bonds is 11. The lowest BCUT2D eigenvalue weighted by atomic mass is 9.50. The van der Waals surface area contributed by atoms with Crippen molar-refractivity contribution in [2.24, 2.45) is 41.8 Å². The Hall–Kier alpha value is -9.81. The number of hydrogen-bond acceptors (Lipinski definition) is 16. The van der Waals surface area contributed by atoms with E-state index in [4.69, 9.17) is 39.2 Å². The topological polar surface area (TPSA) is 282 Å². The zero-order chi connectivity index (χ0) is 64.2. The molecule has 6 aliphatic rings. The number of aliphatic imine (C=N–C) groups is 1. The lowest BCUT2D eigenvalue weighted by molar-refractivity contribution is -0.0989. The maximum Gasteiger partial charge on any atom is 0.258 e. The number of anilines is 3. The molecule has 464 valence electrons. The molecule has 20 nitrogen and oxygen atoms in total. The Morgan fingerprint density at radius 1 is 0.648 bits per heavy atom. The van der Waals surface area contributed by atoms with Crippen LogP contribution in [0.5, 0.6) is 0 Å². The summed E-state index contributed by atoms with van der Waals surface area (Å²) in [6, 6.07) is 27.9. The number of pyridine rings is 4. The molecule has 6 aromatic heterocycles. The van der Waals surface area contributed by atoms with E-state index < -0.39 is 0 Å². The van der Waals surface area contributed by atoms with Crippen molar-refractivity contribution in [1.82, 2.24) is 49.1 Å². The van der Waals surface area contributed by atoms with Gasteiger partial charge in [0, 0.05) is 97.3 Å². The van der Waals surface area contributed by atoms with Crippen LogP contribution >= 0.6 is 23.2 Å². The number of carbonyl (C=O) groups excluding carboxylic acids is 1. The Kier molecular flexibility index (Phi) is 17.5. The number of nitrogen functional groups attached to an aromatic ring is 1. The Labute approximate surface area is 537 Å². The van der Waals surface area contributed by atoms with Crippen molar-refractivity contribution in [3.8, 4) is 18.2 Å². The standard InChI is InChI=1S/C33H31ClN8O.C18H16N4O2.C15H17ClN4.C2H3N.CH4/c1-32(2,3)18-37-28-20(15-35)16-36-29-25(28)10-21(11-26(29)34)38-30(27-17-42(40-39-27)33-12-19(13-33)14-33)23-6-5-7-24-22(23)8-9-41(4)31(24)43;1-21-6-5-12-13(3-2-4-14(12)17(21)24)16(23)15-10-22(20-19-15)18-7-11(8-18)9-18;1-15(2,3)8-20-13-9(6-17)7-19-14-11(13)4-10(18)5-12(14)16;1-2-3;/h5-11,16-17,19H,12-14,18H2,1-4H3,(H,36,37);2-6,10-11H,7-9H2,1H3;4-5,7H,8,18H2,1-3H3,(H,19,20);1H3;1H4. The molecule has 0 amide bonds. The number of nitriles is 3. The van der Waals surface area contributed by atoms with Crippen LogP contribution < -0.4 is 27.5 Å². The summed E-state index contributed by atoms with van der Waals surface area (Å²) in [7, 11) is 3.44. The summed E-state index contributed by atoms with van der Waals surface area (Å²) < 4.78 is 6.93. The van der Waals surface area contributed by atoms with Gasteiger partial charge in [-0.05, 0) is 120 Å². The molecule has 0 atom stereocenters. The molecule has 4 bridgehead atoms. The molecule has 4 N–H and O–H groups in total. The van der Waals surface area contributed by atoms with Gasteiger partial charge in [0.25, 0.3) is 11.1 Å². The van der Waals surface area contributed by atoms with E-state index in [1.54, 1.807) is 92.0 Å². The van der Waals surface area contributed by atoms with E-state index in [1.165, 1.54) is 17.7 Å². The molecule has 6 aliphatic carbocycles. The quantitative estimate of drug-likeness (QED) is 0.0616. The molecular formula is C69H71Cl2N17O3. The van der Waals surface area contributed by atoms with E-state index in [1.807, 2.05) is 45.9 Å².